The van der Waals surface area contributed by atoms with E-state index in [1.54, 1.807) is 11.8 Å². The van der Waals surface area contributed by atoms with Gasteiger partial charge in [0.2, 0.25) is 0 Å². The first-order valence-corrected chi connectivity index (χ1v) is 11.8. The van der Waals surface area contributed by atoms with Gasteiger partial charge in [-0.05, 0) is 30.9 Å². The molecule has 1 heterocycles. The third-order valence-electron chi connectivity index (χ3n) is 5.12. The molecule has 3 nitrogen and oxygen atoms in total. The topological polar surface area (TPSA) is 27.6 Å². The van der Waals surface area contributed by atoms with Gasteiger partial charge in [-0.15, -0.1) is 11.8 Å². The van der Waals surface area contributed by atoms with Crippen LogP contribution < -0.4 is 10.3 Å². The Hall–Kier alpha value is -1.16. The first kappa shape index (κ1) is 21.1. The first-order valence-electron chi connectivity index (χ1n) is 10.6. The minimum absolute atomic E-state index is 0.797. The Morgan fingerprint density at radius 2 is 1.62 bits per heavy atom. The molecule has 0 radical (unpaired) electrons. The van der Waals surface area contributed by atoms with E-state index in [2.05, 4.69) is 52.9 Å². The molecule has 1 aliphatic heterocycles. The van der Waals surface area contributed by atoms with Gasteiger partial charge in [0, 0.05) is 17.0 Å². The zero-order valence-corrected chi connectivity index (χ0v) is 17.6. The number of rotatable bonds is 14. The fourth-order valence-electron chi connectivity index (χ4n) is 3.51. The second kappa shape index (κ2) is 13.1. The maximum Gasteiger partial charge on any atom is 0.130 e. The summed E-state index contributed by atoms with van der Waals surface area (Å²) < 4.78 is 0. The van der Waals surface area contributed by atoms with Gasteiger partial charge in [0.05, 0.1) is 0 Å². The largest absolute Gasteiger partial charge is 0.309 e. The summed E-state index contributed by atoms with van der Waals surface area (Å²) in [6.07, 6.45) is 18.5. The molecule has 0 aromatic heterocycles. The number of anilines is 1. The highest BCUT2D eigenvalue weighted by Crippen LogP contribution is 2.24. The van der Waals surface area contributed by atoms with E-state index in [-0.39, 0.29) is 0 Å². The van der Waals surface area contributed by atoms with E-state index < -0.39 is 0 Å². The van der Waals surface area contributed by atoms with E-state index in [0.717, 1.165) is 13.1 Å². The Labute approximate surface area is 165 Å². The lowest BCUT2D eigenvalue weighted by Crippen LogP contribution is -2.29. The SMILES string of the molecule is CCCCCCCCCCCCCC1=NNCN1c1cccc(SC)c1. The number of hydrogen-bond acceptors (Lipinski definition) is 4. The average Bonchev–Trinajstić information content (AvgIpc) is 3.14. The molecule has 0 saturated heterocycles. The number of hydrogen-bond donors (Lipinski definition) is 1. The standard InChI is InChI=1S/C22H37N3S/c1-3-4-5-6-7-8-9-10-11-12-13-17-22-24-23-19-25(22)20-15-14-16-21(18-20)26-2/h14-16,18,23H,3-13,17,19H2,1-2H3. The third-order valence-corrected chi connectivity index (χ3v) is 5.84. The summed E-state index contributed by atoms with van der Waals surface area (Å²) in [5, 5.41) is 4.52. The molecule has 26 heavy (non-hydrogen) atoms. The molecule has 1 aliphatic rings. The van der Waals surface area contributed by atoms with Gasteiger partial charge >= 0.3 is 0 Å². The molecule has 1 aromatic rings. The van der Waals surface area contributed by atoms with Crippen LogP contribution >= 0.6 is 11.8 Å². The number of thioether (sulfide) groups is 1. The van der Waals surface area contributed by atoms with Gasteiger partial charge < -0.3 is 4.90 Å². The van der Waals surface area contributed by atoms with Crippen molar-refractivity contribution in [1.82, 2.24) is 5.43 Å². The van der Waals surface area contributed by atoms with Crippen LogP contribution in [0, 0.1) is 0 Å². The molecule has 0 atom stereocenters. The molecule has 0 unspecified atom stereocenters. The van der Waals surface area contributed by atoms with Crippen LogP contribution in [0.5, 0.6) is 0 Å². The minimum Gasteiger partial charge on any atom is -0.309 e. The van der Waals surface area contributed by atoms with Crippen molar-refractivity contribution in [3.05, 3.63) is 24.3 Å². The third kappa shape index (κ3) is 7.61. The van der Waals surface area contributed by atoms with Gasteiger partial charge in [0.1, 0.15) is 12.5 Å². The fourth-order valence-corrected chi connectivity index (χ4v) is 3.96. The van der Waals surface area contributed by atoms with Crippen molar-refractivity contribution in [1.29, 1.82) is 0 Å². The molecule has 0 spiro atoms. The molecular weight excluding hydrogens is 338 g/mol. The molecule has 0 bridgehead atoms. The lowest BCUT2D eigenvalue weighted by Gasteiger charge is -2.19. The Balaban J connectivity index is 1.56. The molecule has 0 fully saturated rings. The summed E-state index contributed by atoms with van der Waals surface area (Å²) >= 11 is 1.79. The summed E-state index contributed by atoms with van der Waals surface area (Å²) in [7, 11) is 0. The highest BCUT2D eigenvalue weighted by molar-refractivity contribution is 7.98. The first-order chi connectivity index (χ1) is 12.8. The predicted molar refractivity (Wildman–Crippen MR) is 117 cm³/mol. The zero-order chi connectivity index (χ0) is 18.5. The Morgan fingerprint density at radius 3 is 2.27 bits per heavy atom. The van der Waals surface area contributed by atoms with E-state index in [1.165, 1.54) is 87.0 Å². The Morgan fingerprint density at radius 1 is 0.962 bits per heavy atom. The molecular formula is C22H37N3S. The lowest BCUT2D eigenvalue weighted by molar-refractivity contribution is 0.551. The highest BCUT2D eigenvalue weighted by Gasteiger charge is 2.18. The van der Waals surface area contributed by atoms with E-state index in [0.29, 0.717) is 0 Å². The van der Waals surface area contributed by atoms with Crippen LogP contribution in [0.25, 0.3) is 0 Å². The van der Waals surface area contributed by atoms with Crippen LogP contribution in [-0.4, -0.2) is 18.8 Å². The quantitative estimate of drug-likeness (QED) is 0.286. The summed E-state index contributed by atoms with van der Waals surface area (Å²) in [5.41, 5.74) is 4.41. The summed E-state index contributed by atoms with van der Waals surface area (Å²) in [6, 6.07) is 8.74. The zero-order valence-electron chi connectivity index (χ0n) is 16.8. The Bertz CT molecular complexity index is 530. The van der Waals surface area contributed by atoms with E-state index in [1.807, 2.05) is 0 Å². The van der Waals surface area contributed by atoms with Gasteiger partial charge in [-0.1, -0.05) is 77.2 Å². The summed E-state index contributed by atoms with van der Waals surface area (Å²) in [5.74, 6) is 1.19. The van der Waals surface area contributed by atoms with Gasteiger partial charge in [0.25, 0.3) is 0 Å². The van der Waals surface area contributed by atoms with Crippen molar-refractivity contribution in [3.8, 4) is 0 Å². The van der Waals surface area contributed by atoms with Crippen LogP contribution in [0.2, 0.25) is 0 Å². The predicted octanol–water partition coefficient (Wildman–Crippen LogP) is 6.79. The Kier molecular flexibility index (Phi) is 10.6. The minimum atomic E-state index is 0.797. The van der Waals surface area contributed by atoms with Crippen molar-refractivity contribution >= 4 is 23.3 Å². The highest BCUT2D eigenvalue weighted by atomic mass is 32.2. The van der Waals surface area contributed by atoms with Crippen LogP contribution in [-0.2, 0) is 0 Å². The maximum atomic E-state index is 4.52. The molecule has 1 aromatic carbocycles. The lowest BCUT2D eigenvalue weighted by atomic mass is 10.1. The number of benzene rings is 1. The molecule has 146 valence electrons. The van der Waals surface area contributed by atoms with Crippen molar-refractivity contribution in [2.24, 2.45) is 5.10 Å². The molecule has 1 N–H and O–H groups in total. The fraction of sp³-hybridized carbons (Fsp3) is 0.682. The van der Waals surface area contributed by atoms with Crippen molar-refractivity contribution in [2.75, 3.05) is 17.8 Å². The summed E-state index contributed by atoms with van der Waals surface area (Å²) in [4.78, 5) is 3.62. The molecule has 0 amide bonds. The van der Waals surface area contributed by atoms with Gasteiger partial charge in [-0.25, -0.2) is 0 Å². The maximum absolute atomic E-state index is 4.52. The van der Waals surface area contributed by atoms with Crippen LogP contribution in [0.3, 0.4) is 0 Å². The second-order valence-electron chi connectivity index (χ2n) is 7.26. The van der Waals surface area contributed by atoms with Crippen LogP contribution in [0.1, 0.15) is 84.0 Å². The monoisotopic (exact) mass is 375 g/mol. The van der Waals surface area contributed by atoms with Gasteiger partial charge in [0.15, 0.2) is 0 Å². The van der Waals surface area contributed by atoms with E-state index in [9.17, 15) is 0 Å². The molecule has 4 heteroatoms. The molecule has 2 rings (SSSR count). The van der Waals surface area contributed by atoms with Gasteiger partial charge in [-0.2, -0.15) is 5.10 Å². The van der Waals surface area contributed by atoms with Crippen molar-refractivity contribution < 1.29 is 0 Å². The van der Waals surface area contributed by atoms with Gasteiger partial charge in [-0.3, -0.25) is 5.43 Å². The number of hydrazone groups is 1. The second-order valence-corrected chi connectivity index (χ2v) is 8.14. The van der Waals surface area contributed by atoms with Crippen molar-refractivity contribution in [2.45, 2.75) is 88.9 Å². The number of unbranched alkanes of at least 4 members (excludes halogenated alkanes) is 10. The normalized spacial score (nSPS) is 13.8. The molecule has 0 aliphatic carbocycles. The average molecular weight is 376 g/mol. The van der Waals surface area contributed by atoms with Crippen LogP contribution in [0.15, 0.2) is 34.3 Å². The smallest absolute Gasteiger partial charge is 0.130 e. The van der Waals surface area contributed by atoms with Crippen LogP contribution in [0.4, 0.5) is 5.69 Å². The van der Waals surface area contributed by atoms with E-state index >= 15 is 0 Å². The molecule has 0 saturated carbocycles. The number of nitrogens with zero attached hydrogens (tertiary/aromatic N) is 2. The van der Waals surface area contributed by atoms with E-state index in [4.69, 9.17) is 0 Å². The van der Waals surface area contributed by atoms with Crippen molar-refractivity contribution in [3.63, 3.8) is 0 Å². The summed E-state index contributed by atoms with van der Waals surface area (Å²) in [6.45, 7) is 3.08. The number of amidine groups is 1. The number of nitrogens with one attached hydrogen (secondary N) is 1.